The van der Waals surface area contributed by atoms with Crippen molar-refractivity contribution in [3.63, 3.8) is 0 Å². The second-order valence-corrected chi connectivity index (χ2v) is 6.90. The van der Waals surface area contributed by atoms with E-state index in [1.807, 2.05) is 0 Å². The van der Waals surface area contributed by atoms with Crippen LogP contribution in [-0.2, 0) is 17.5 Å². The van der Waals surface area contributed by atoms with Gasteiger partial charge in [0.05, 0.1) is 19.3 Å². The molecule has 1 aromatic rings. The van der Waals surface area contributed by atoms with Crippen LogP contribution in [0.1, 0.15) is 49.2 Å². The van der Waals surface area contributed by atoms with Gasteiger partial charge in [-0.2, -0.15) is 13.2 Å². The summed E-state index contributed by atoms with van der Waals surface area (Å²) in [6, 6.07) is 0. The van der Waals surface area contributed by atoms with Gasteiger partial charge in [0.15, 0.2) is 11.7 Å². The van der Waals surface area contributed by atoms with Crippen molar-refractivity contribution in [2.24, 2.45) is 4.99 Å². The van der Waals surface area contributed by atoms with Crippen molar-refractivity contribution < 1.29 is 17.9 Å². The minimum Gasteiger partial charge on any atom is -0.376 e. The zero-order valence-electron chi connectivity index (χ0n) is 14.4. The number of guanidine groups is 1. The number of nitrogens with one attached hydrogen (secondary N) is 2. The zero-order chi connectivity index (χ0) is 18.1. The normalized spacial score (nSPS) is 17.4. The van der Waals surface area contributed by atoms with Crippen molar-refractivity contribution in [2.75, 3.05) is 20.2 Å². The maximum atomic E-state index is 12.5. The van der Waals surface area contributed by atoms with Gasteiger partial charge in [-0.05, 0) is 12.8 Å². The highest BCUT2D eigenvalue weighted by atomic mass is 32.1. The molecule has 0 aromatic carbocycles. The van der Waals surface area contributed by atoms with Gasteiger partial charge in [0.1, 0.15) is 5.01 Å². The van der Waals surface area contributed by atoms with Crippen molar-refractivity contribution in [3.05, 3.63) is 16.1 Å². The quantitative estimate of drug-likeness (QED) is 0.344. The van der Waals surface area contributed by atoms with Crippen molar-refractivity contribution in [1.29, 1.82) is 0 Å². The van der Waals surface area contributed by atoms with Crippen LogP contribution in [0.4, 0.5) is 13.2 Å². The Hall–Kier alpha value is -1.35. The van der Waals surface area contributed by atoms with Crippen molar-refractivity contribution in [2.45, 2.75) is 57.3 Å². The summed E-state index contributed by atoms with van der Waals surface area (Å²) in [4.78, 5) is 7.63. The number of halogens is 3. The van der Waals surface area contributed by atoms with Crippen LogP contribution in [0.25, 0.3) is 0 Å². The third-order valence-electron chi connectivity index (χ3n) is 4.02. The van der Waals surface area contributed by atoms with Gasteiger partial charge >= 0.3 is 6.18 Å². The molecule has 0 spiro atoms. The molecule has 0 unspecified atom stereocenters. The molecule has 0 atom stereocenters. The molecule has 142 valence electrons. The molecule has 0 saturated heterocycles. The summed E-state index contributed by atoms with van der Waals surface area (Å²) >= 11 is 0.977. The highest BCUT2D eigenvalue weighted by Gasteiger charge is 2.33. The summed E-state index contributed by atoms with van der Waals surface area (Å²) in [6.45, 7) is 1.38. The Morgan fingerprint density at radius 2 is 2.00 bits per heavy atom. The molecule has 0 bridgehead atoms. The molecule has 2 N–H and O–H groups in total. The minimum absolute atomic E-state index is 0.198. The number of nitrogens with zero attached hydrogens (tertiary/aromatic N) is 2. The highest BCUT2D eigenvalue weighted by Crippen LogP contribution is 2.29. The molecular weight excluding hydrogens is 353 g/mol. The molecule has 1 fully saturated rings. The lowest BCUT2D eigenvalue weighted by atomic mass is 10.1. The van der Waals surface area contributed by atoms with E-state index in [4.69, 9.17) is 4.74 Å². The molecule has 9 heteroatoms. The number of hydrogen-bond acceptors (Lipinski definition) is 4. The summed E-state index contributed by atoms with van der Waals surface area (Å²) in [5.41, 5.74) is -0.853. The third kappa shape index (κ3) is 7.19. The van der Waals surface area contributed by atoms with Crippen LogP contribution in [0.15, 0.2) is 10.4 Å². The second-order valence-electron chi connectivity index (χ2n) is 5.96. The van der Waals surface area contributed by atoms with Crippen LogP contribution in [0.2, 0.25) is 0 Å². The molecule has 1 heterocycles. The standard InChI is InChI=1S/C16H25F3N4OS/c1-20-15(21-8-9-24-12-6-4-2-3-5-7-12)22-10-14-23-13(11-25-14)16(17,18)19/h11-12H,2-10H2,1H3,(H2,20,21,22). The van der Waals surface area contributed by atoms with Gasteiger partial charge in [0, 0.05) is 19.0 Å². The molecule has 25 heavy (non-hydrogen) atoms. The average molecular weight is 378 g/mol. The summed E-state index contributed by atoms with van der Waals surface area (Å²) in [6.07, 6.45) is 3.24. The predicted octanol–water partition coefficient (Wildman–Crippen LogP) is 3.57. The van der Waals surface area contributed by atoms with Gasteiger partial charge in [0.25, 0.3) is 0 Å². The number of hydrogen-bond donors (Lipinski definition) is 2. The largest absolute Gasteiger partial charge is 0.434 e. The maximum absolute atomic E-state index is 12.5. The van der Waals surface area contributed by atoms with E-state index in [1.54, 1.807) is 7.05 Å². The van der Waals surface area contributed by atoms with Crippen LogP contribution in [0.3, 0.4) is 0 Å². The molecule has 2 rings (SSSR count). The molecule has 1 aliphatic rings. The number of thiazole rings is 1. The molecule has 1 aromatic heterocycles. The Bertz CT molecular complexity index is 540. The average Bonchev–Trinajstić information content (AvgIpc) is 2.91. The van der Waals surface area contributed by atoms with Gasteiger partial charge in [-0.3, -0.25) is 4.99 Å². The van der Waals surface area contributed by atoms with E-state index in [2.05, 4.69) is 20.6 Å². The Morgan fingerprint density at radius 3 is 2.60 bits per heavy atom. The Kier molecular flexibility index (Phi) is 7.95. The number of alkyl halides is 3. The predicted molar refractivity (Wildman–Crippen MR) is 92.8 cm³/mol. The summed E-state index contributed by atoms with van der Waals surface area (Å²) in [5.74, 6) is 0.522. The fourth-order valence-corrected chi connectivity index (χ4v) is 3.45. The van der Waals surface area contributed by atoms with Crippen molar-refractivity contribution >= 4 is 17.3 Å². The first-order valence-electron chi connectivity index (χ1n) is 8.57. The molecule has 1 saturated carbocycles. The Labute approximate surface area is 150 Å². The van der Waals surface area contributed by atoms with Crippen LogP contribution < -0.4 is 10.6 Å². The number of aromatic nitrogens is 1. The monoisotopic (exact) mass is 378 g/mol. The molecule has 0 radical (unpaired) electrons. The van der Waals surface area contributed by atoms with Gasteiger partial charge in [-0.1, -0.05) is 25.7 Å². The topological polar surface area (TPSA) is 58.5 Å². The lowest BCUT2D eigenvalue weighted by Gasteiger charge is -2.16. The molecule has 0 aliphatic heterocycles. The number of ether oxygens (including phenoxy) is 1. The summed E-state index contributed by atoms with van der Waals surface area (Å²) < 4.78 is 43.5. The first-order chi connectivity index (χ1) is 12.0. The van der Waals surface area contributed by atoms with Crippen LogP contribution in [0, 0.1) is 0 Å². The van der Waals surface area contributed by atoms with Crippen LogP contribution >= 0.6 is 11.3 Å². The Morgan fingerprint density at radius 1 is 1.28 bits per heavy atom. The van der Waals surface area contributed by atoms with E-state index in [0.717, 1.165) is 29.6 Å². The van der Waals surface area contributed by atoms with Crippen molar-refractivity contribution in [3.8, 4) is 0 Å². The highest BCUT2D eigenvalue weighted by molar-refractivity contribution is 7.09. The Balaban J connectivity index is 1.66. The number of rotatable bonds is 6. The first-order valence-corrected chi connectivity index (χ1v) is 9.44. The fourth-order valence-electron chi connectivity index (χ4n) is 2.71. The van der Waals surface area contributed by atoms with Gasteiger partial charge in [-0.15, -0.1) is 11.3 Å². The molecular formula is C16H25F3N4OS. The lowest BCUT2D eigenvalue weighted by Crippen LogP contribution is -2.38. The van der Waals surface area contributed by atoms with E-state index in [1.165, 1.54) is 25.7 Å². The second kappa shape index (κ2) is 9.96. The third-order valence-corrected chi connectivity index (χ3v) is 4.87. The zero-order valence-corrected chi connectivity index (χ0v) is 15.2. The fraction of sp³-hybridized carbons (Fsp3) is 0.750. The molecule has 1 aliphatic carbocycles. The van der Waals surface area contributed by atoms with Gasteiger partial charge < -0.3 is 15.4 Å². The van der Waals surface area contributed by atoms with Gasteiger partial charge in [0.2, 0.25) is 0 Å². The van der Waals surface area contributed by atoms with E-state index >= 15 is 0 Å². The van der Waals surface area contributed by atoms with Crippen LogP contribution in [0.5, 0.6) is 0 Å². The number of aliphatic imine (C=N–C) groups is 1. The van der Waals surface area contributed by atoms with E-state index < -0.39 is 11.9 Å². The lowest BCUT2D eigenvalue weighted by molar-refractivity contribution is -0.140. The smallest absolute Gasteiger partial charge is 0.376 e. The van der Waals surface area contributed by atoms with E-state index in [-0.39, 0.29) is 6.54 Å². The summed E-state index contributed by atoms with van der Waals surface area (Å²) in [7, 11) is 1.62. The molecule has 0 amide bonds. The minimum atomic E-state index is -4.40. The SMILES string of the molecule is CN=C(NCCOC1CCCCCC1)NCc1nc(C(F)(F)F)cs1. The van der Waals surface area contributed by atoms with E-state index in [9.17, 15) is 13.2 Å². The maximum Gasteiger partial charge on any atom is 0.434 e. The van der Waals surface area contributed by atoms with Crippen LogP contribution in [-0.4, -0.2) is 37.2 Å². The molecule has 5 nitrogen and oxygen atoms in total. The van der Waals surface area contributed by atoms with Gasteiger partial charge in [-0.25, -0.2) is 4.98 Å². The van der Waals surface area contributed by atoms with Crippen molar-refractivity contribution in [1.82, 2.24) is 15.6 Å². The summed E-state index contributed by atoms with van der Waals surface area (Å²) in [5, 5.41) is 7.45. The van der Waals surface area contributed by atoms with E-state index in [0.29, 0.717) is 30.2 Å². The first kappa shape index (κ1) is 20.0.